The molecular formula is C18H26N4O2S. The van der Waals surface area contributed by atoms with E-state index in [1.54, 1.807) is 13.8 Å². The first-order chi connectivity index (χ1) is 11.8. The number of nitrogens with zero attached hydrogens (tertiary/aromatic N) is 2. The third-order valence-corrected chi connectivity index (χ3v) is 5.33. The van der Waals surface area contributed by atoms with Gasteiger partial charge < -0.3 is 10.6 Å². The Balaban J connectivity index is 2.70. The number of allylic oxidation sites excluding steroid dienone is 1. The Hall–Kier alpha value is -1.99. The molecule has 136 valence electrons. The van der Waals surface area contributed by atoms with Gasteiger partial charge in [-0.1, -0.05) is 51.8 Å². The molecule has 0 aromatic heterocycles. The van der Waals surface area contributed by atoms with Gasteiger partial charge in [0, 0.05) is 11.5 Å². The number of carbonyl (C=O) groups excluding carboxylic acids is 2. The highest BCUT2D eigenvalue weighted by molar-refractivity contribution is 8.03. The van der Waals surface area contributed by atoms with Crippen LogP contribution in [0.4, 0.5) is 0 Å². The average molecular weight is 362 g/mol. The first-order valence-corrected chi connectivity index (χ1v) is 9.53. The summed E-state index contributed by atoms with van der Waals surface area (Å²) in [6.07, 6.45) is 4.30. The van der Waals surface area contributed by atoms with Crippen LogP contribution in [-0.4, -0.2) is 23.6 Å². The van der Waals surface area contributed by atoms with Crippen LogP contribution < -0.4 is 10.6 Å². The minimum Gasteiger partial charge on any atom is -0.353 e. The van der Waals surface area contributed by atoms with Crippen molar-refractivity contribution in [1.29, 1.82) is 10.5 Å². The minimum absolute atomic E-state index is 0.101. The summed E-state index contributed by atoms with van der Waals surface area (Å²) in [6.45, 7) is 7.52. The summed E-state index contributed by atoms with van der Waals surface area (Å²) in [5.74, 6) is -1.36. The normalized spacial score (nSPS) is 20.2. The molecule has 0 aliphatic carbocycles. The zero-order valence-electron chi connectivity index (χ0n) is 15.3. The van der Waals surface area contributed by atoms with Crippen LogP contribution in [0, 0.1) is 34.0 Å². The molecule has 6 nitrogen and oxygen atoms in total. The maximum Gasteiger partial charge on any atom is 0.243 e. The van der Waals surface area contributed by atoms with Gasteiger partial charge in [-0.3, -0.25) is 9.59 Å². The summed E-state index contributed by atoms with van der Waals surface area (Å²) in [5.41, 5.74) is -0.537. The van der Waals surface area contributed by atoms with Crippen molar-refractivity contribution >= 4 is 23.6 Å². The zero-order chi connectivity index (χ0) is 19.0. The second kappa shape index (κ2) is 9.48. The molecule has 25 heavy (non-hydrogen) atoms. The fourth-order valence-electron chi connectivity index (χ4n) is 2.76. The lowest BCUT2D eigenvalue weighted by Gasteiger charge is -2.34. The van der Waals surface area contributed by atoms with E-state index in [2.05, 4.69) is 23.6 Å². The molecule has 0 bridgehead atoms. The summed E-state index contributed by atoms with van der Waals surface area (Å²) in [5, 5.41) is 24.5. The standard InChI is InChI=1S/C18H26N4O2S/c1-5-6-7-8-12(2)21-15(23)11-25-17-14(10-20)18(3,4)13(9-19)16(24)22-17/h12-13H,5-8,11H2,1-4H3,(H,21,23)(H,22,24)/t12-,13+/m0/s1. The SMILES string of the molecule is CCCCC[C@H](C)NC(=O)CSC1=C(C#N)C(C)(C)[C@H](C#N)C(=O)N1. The fourth-order valence-corrected chi connectivity index (χ4v) is 3.75. The number of rotatable bonds is 8. The van der Waals surface area contributed by atoms with Crippen LogP contribution in [0.25, 0.3) is 0 Å². The van der Waals surface area contributed by atoms with Crippen LogP contribution in [0.5, 0.6) is 0 Å². The smallest absolute Gasteiger partial charge is 0.243 e. The summed E-state index contributed by atoms with van der Waals surface area (Å²) >= 11 is 1.13. The number of thioether (sulfide) groups is 1. The molecule has 2 N–H and O–H groups in total. The number of nitrogens with one attached hydrogen (secondary N) is 2. The second-order valence-corrected chi connectivity index (χ2v) is 7.83. The Kier molecular flexibility index (Phi) is 7.99. The number of amides is 2. The summed E-state index contributed by atoms with van der Waals surface area (Å²) < 4.78 is 0. The first-order valence-electron chi connectivity index (χ1n) is 8.55. The third-order valence-electron chi connectivity index (χ3n) is 4.33. The van der Waals surface area contributed by atoms with Crippen molar-refractivity contribution in [3.63, 3.8) is 0 Å². The van der Waals surface area contributed by atoms with Gasteiger partial charge in [0.25, 0.3) is 0 Å². The molecule has 0 aromatic rings. The lowest BCUT2D eigenvalue weighted by Crippen LogP contribution is -2.44. The van der Waals surface area contributed by atoms with E-state index in [4.69, 9.17) is 0 Å². The Bertz CT molecular complexity index is 628. The average Bonchev–Trinajstić information content (AvgIpc) is 2.52. The van der Waals surface area contributed by atoms with Crippen molar-refractivity contribution < 1.29 is 9.59 Å². The highest BCUT2D eigenvalue weighted by atomic mass is 32.2. The van der Waals surface area contributed by atoms with Crippen molar-refractivity contribution in [3.8, 4) is 12.1 Å². The molecular weight excluding hydrogens is 336 g/mol. The van der Waals surface area contributed by atoms with E-state index in [0.29, 0.717) is 10.6 Å². The molecule has 2 atom stereocenters. The monoisotopic (exact) mass is 362 g/mol. The summed E-state index contributed by atoms with van der Waals surface area (Å²) in [6, 6.07) is 4.15. The van der Waals surface area contributed by atoms with E-state index in [9.17, 15) is 20.1 Å². The van der Waals surface area contributed by atoms with Crippen LogP contribution in [0.1, 0.15) is 53.4 Å². The topological polar surface area (TPSA) is 106 Å². The van der Waals surface area contributed by atoms with E-state index >= 15 is 0 Å². The van der Waals surface area contributed by atoms with Crippen molar-refractivity contribution in [2.75, 3.05) is 5.75 Å². The Morgan fingerprint density at radius 2 is 2.08 bits per heavy atom. The van der Waals surface area contributed by atoms with Gasteiger partial charge >= 0.3 is 0 Å². The predicted molar refractivity (Wildman–Crippen MR) is 97.9 cm³/mol. The van der Waals surface area contributed by atoms with E-state index in [-0.39, 0.29) is 17.7 Å². The van der Waals surface area contributed by atoms with Gasteiger partial charge in [0.2, 0.25) is 11.8 Å². The molecule has 2 amide bonds. The number of hydrogen-bond donors (Lipinski definition) is 2. The van der Waals surface area contributed by atoms with Gasteiger partial charge in [0.05, 0.1) is 28.5 Å². The Morgan fingerprint density at radius 3 is 2.64 bits per heavy atom. The molecule has 1 aliphatic heterocycles. The first kappa shape index (κ1) is 21.1. The van der Waals surface area contributed by atoms with Gasteiger partial charge in [-0.15, -0.1) is 0 Å². The van der Waals surface area contributed by atoms with Crippen molar-refractivity contribution in [3.05, 3.63) is 10.6 Å². The third kappa shape index (κ3) is 5.51. The van der Waals surface area contributed by atoms with Gasteiger partial charge in [0.1, 0.15) is 5.92 Å². The number of unbranched alkanes of at least 4 members (excludes halogenated alkanes) is 2. The van der Waals surface area contributed by atoms with Gasteiger partial charge in [0.15, 0.2) is 0 Å². The van der Waals surface area contributed by atoms with Crippen molar-refractivity contribution in [2.24, 2.45) is 11.3 Å². The molecule has 0 saturated carbocycles. The number of carbonyl (C=O) groups is 2. The maximum atomic E-state index is 12.1. The molecule has 0 aromatic carbocycles. The van der Waals surface area contributed by atoms with E-state index < -0.39 is 17.2 Å². The molecule has 0 saturated heterocycles. The number of nitriles is 2. The Morgan fingerprint density at radius 1 is 1.40 bits per heavy atom. The largest absolute Gasteiger partial charge is 0.353 e. The molecule has 7 heteroatoms. The zero-order valence-corrected chi connectivity index (χ0v) is 16.1. The van der Waals surface area contributed by atoms with Crippen LogP contribution in [0.15, 0.2) is 10.6 Å². The number of hydrogen-bond acceptors (Lipinski definition) is 5. The molecule has 0 unspecified atom stereocenters. The summed E-state index contributed by atoms with van der Waals surface area (Å²) in [4.78, 5) is 24.2. The quantitative estimate of drug-likeness (QED) is 0.646. The minimum atomic E-state index is -0.918. The van der Waals surface area contributed by atoms with Crippen molar-refractivity contribution in [1.82, 2.24) is 10.6 Å². The fraction of sp³-hybridized carbons (Fsp3) is 0.667. The molecule has 0 spiro atoms. The molecule has 0 fully saturated rings. The van der Waals surface area contributed by atoms with Gasteiger partial charge in [-0.05, 0) is 13.3 Å². The predicted octanol–water partition coefficient (Wildman–Crippen LogP) is 2.84. The molecule has 0 radical (unpaired) electrons. The highest BCUT2D eigenvalue weighted by Crippen LogP contribution is 2.41. The van der Waals surface area contributed by atoms with Gasteiger partial charge in [-0.25, -0.2) is 0 Å². The Labute approximate surface area is 154 Å². The maximum absolute atomic E-state index is 12.1. The van der Waals surface area contributed by atoms with E-state index in [1.807, 2.05) is 13.0 Å². The van der Waals surface area contributed by atoms with Crippen LogP contribution in [0.3, 0.4) is 0 Å². The molecule has 1 heterocycles. The van der Waals surface area contributed by atoms with E-state index in [1.165, 1.54) is 0 Å². The lowest BCUT2D eigenvalue weighted by atomic mass is 9.72. The van der Waals surface area contributed by atoms with Crippen LogP contribution in [-0.2, 0) is 9.59 Å². The highest BCUT2D eigenvalue weighted by Gasteiger charge is 2.44. The summed E-state index contributed by atoms with van der Waals surface area (Å²) in [7, 11) is 0. The lowest BCUT2D eigenvalue weighted by molar-refractivity contribution is -0.125. The van der Waals surface area contributed by atoms with Gasteiger partial charge in [-0.2, -0.15) is 10.5 Å². The second-order valence-electron chi connectivity index (χ2n) is 6.84. The molecule has 1 aliphatic rings. The van der Waals surface area contributed by atoms with E-state index in [0.717, 1.165) is 37.4 Å². The van der Waals surface area contributed by atoms with Crippen LogP contribution >= 0.6 is 11.8 Å². The van der Waals surface area contributed by atoms with Crippen molar-refractivity contribution in [2.45, 2.75) is 59.4 Å². The molecule has 1 rings (SSSR count). The van der Waals surface area contributed by atoms with Crippen LogP contribution in [0.2, 0.25) is 0 Å².